The van der Waals surface area contributed by atoms with Gasteiger partial charge in [0, 0.05) is 24.7 Å². The van der Waals surface area contributed by atoms with E-state index in [2.05, 4.69) is 53.9 Å². The van der Waals surface area contributed by atoms with Crippen LogP contribution >= 0.6 is 0 Å². The highest BCUT2D eigenvalue weighted by atomic mass is 16.2. The van der Waals surface area contributed by atoms with Crippen molar-refractivity contribution in [3.05, 3.63) is 57.7 Å². The first-order valence-corrected chi connectivity index (χ1v) is 15.1. The van der Waals surface area contributed by atoms with Gasteiger partial charge >= 0.3 is 0 Å². The molecule has 1 saturated carbocycles. The topological polar surface area (TPSA) is 160 Å². The van der Waals surface area contributed by atoms with Crippen LogP contribution in [0.5, 0.6) is 0 Å². The van der Waals surface area contributed by atoms with Crippen molar-refractivity contribution in [2.24, 2.45) is 22.0 Å². The minimum atomic E-state index is -0.899. The predicted octanol–water partition coefficient (Wildman–Crippen LogP) is 4.48. The van der Waals surface area contributed by atoms with Gasteiger partial charge in [-0.25, -0.2) is 0 Å². The molecular formula is C32H44N8O2. The van der Waals surface area contributed by atoms with Crippen LogP contribution in [0.1, 0.15) is 87.7 Å². The summed E-state index contributed by atoms with van der Waals surface area (Å²) >= 11 is 0. The maximum Gasteiger partial charge on any atom is 0.251 e. The minimum Gasteiger partial charge on any atom is -0.385 e. The molecule has 0 aromatic heterocycles. The first-order valence-electron chi connectivity index (χ1n) is 15.1. The zero-order chi connectivity index (χ0) is 30.4. The number of hydrogen-bond acceptors (Lipinski definition) is 6. The lowest BCUT2D eigenvalue weighted by molar-refractivity contribution is -0.130. The molecule has 3 aliphatic rings. The van der Waals surface area contributed by atoms with E-state index in [1.165, 1.54) is 0 Å². The summed E-state index contributed by atoms with van der Waals surface area (Å²) in [6.45, 7) is 9.40. The van der Waals surface area contributed by atoms with Crippen LogP contribution in [0.25, 0.3) is 0 Å². The van der Waals surface area contributed by atoms with Crippen molar-refractivity contribution in [1.82, 2.24) is 15.5 Å². The van der Waals surface area contributed by atoms with Crippen LogP contribution in [0.4, 0.5) is 0 Å². The Hall–Kier alpha value is -3.84. The Bertz CT molecular complexity index is 1350. The lowest BCUT2D eigenvalue weighted by Gasteiger charge is -2.39. The van der Waals surface area contributed by atoms with E-state index in [9.17, 15) is 14.9 Å². The normalized spacial score (nSPS) is 23.0. The third-order valence-electron chi connectivity index (χ3n) is 8.96. The van der Waals surface area contributed by atoms with Crippen LogP contribution < -0.4 is 16.4 Å². The van der Waals surface area contributed by atoms with Crippen LogP contribution in [0.3, 0.4) is 0 Å². The number of nitrogens with zero attached hydrogens (tertiary/aromatic N) is 4. The number of likely N-dealkylation sites (tertiary alicyclic amines) is 1. The van der Waals surface area contributed by atoms with Gasteiger partial charge in [-0.2, -0.15) is 10.8 Å². The van der Waals surface area contributed by atoms with E-state index in [0.29, 0.717) is 37.4 Å². The number of aryl methyl sites for hydroxylation is 1. The molecule has 1 aliphatic heterocycles. The van der Waals surface area contributed by atoms with Gasteiger partial charge in [-0.05, 0) is 107 Å². The molecule has 10 nitrogen and oxygen atoms in total. The van der Waals surface area contributed by atoms with Crippen LogP contribution in [0.2, 0.25) is 0 Å². The lowest BCUT2D eigenvalue weighted by Crippen LogP contribution is -2.50. The molecule has 1 aromatic rings. The second-order valence-electron chi connectivity index (χ2n) is 12.0. The second kappa shape index (κ2) is 13.4. The van der Waals surface area contributed by atoms with Crippen molar-refractivity contribution in [3.63, 3.8) is 0 Å². The molecule has 5 N–H and O–H groups in total. The van der Waals surface area contributed by atoms with Crippen LogP contribution in [0, 0.1) is 22.8 Å². The van der Waals surface area contributed by atoms with Crippen molar-refractivity contribution in [2.75, 3.05) is 19.6 Å². The summed E-state index contributed by atoms with van der Waals surface area (Å²) in [6.07, 6.45) is 7.83. The molecule has 0 radical (unpaired) electrons. The average Bonchev–Trinajstić information content (AvgIpc) is 3.72. The number of carbonyl (C=O) groups excluding carboxylic acids is 2. The molecule has 1 saturated heterocycles. The quantitative estimate of drug-likeness (QED) is 0.133. The number of benzene rings is 1. The van der Waals surface area contributed by atoms with E-state index in [1.54, 1.807) is 4.90 Å². The Morgan fingerprint density at radius 3 is 2.69 bits per heavy atom. The van der Waals surface area contributed by atoms with E-state index < -0.39 is 5.41 Å². The number of nitrogens with one attached hydrogen (secondary N) is 3. The fourth-order valence-electron chi connectivity index (χ4n) is 6.67. The van der Waals surface area contributed by atoms with E-state index >= 15 is 0 Å². The van der Waals surface area contributed by atoms with Gasteiger partial charge in [-0.15, -0.1) is 5.10 Å². The number of amidine groups is 1. The van der Waals surface area contributed by atoms with E-state index in [0.717, 1.165) is 60.0 Å². The largest absolute Gasteiger partial charge is 0.385 e. The van der Waals surface area contributed by atoms with Gasteiger partial charge in [0.1, 0.15) is 11.9 Å². The molecule has 1 aromatic carbocycles. The fourth-order valence-corrected chi connectivity index (χ4v) is 6.67. The molecule has 2 amide bonds. The molecule has 2 aliphatic carbocycles. The minimum absolute atomic E-state index is 0.0616. The van der Waals surface area contributed by atoms with Gasteiger partial charge in [0.15, 0.2) is 0 Å². The standard InChI is InChI=1S/C32H44N8O2/c1-5-36-30(42)25-12-13-27-24(16-25)11-10-23(15-20(2)3)21(4)32(27,31(34)38-39-35)17-28(22-8-9-22)37-19-29(41)40-14-6-7-26(40)18-33/h12-13,15-16,22,26,28,37H,5-11,14,17,19H2,1-4H3,(H,36,42)(H3,34,35,38). The molecule has 10 heteroatoms. The number of carbonyl (C=O) groups is 2. The van der Waals surface area contributed by atoms with Crippen LogP contribution in [-0.4, -0.2) is 54.3 Å². The number of amides is 2. The van der Waals surface area contributed by atoms with Crippen LogP contribution in [0.15, 0.2) is 51.3 Å². The smallest absolute Gasteiger partial charge is 0.251 e. The highest BCUT2D eigenvalue weighted by Gasteiger charge is 2.47. The molecule has 1 heterocycles. The van der Waals surface area contributed by atoms with Gasteiger partial charge in [0.2, 0.25) is 5.91 Å². The monoisotopic (exact) mass is 572 g/mol. The molecule has 3 unspecified atom stereocenters. The van der Waals surface area contributed by atoms with Crippen LogP contribution in [-0.2, 0) is 16.6 Å². The van der Waals surface area contributed by atoms with Crippen molar-refractivity contribution >= 4 is 17.6 Å². The van der Waals surface area contributed by atoms with Crippen molar-refractivity contribution in [1.29, 1.82) is 10.8 Å². The summed E-state index contributed by atoms with van der Waals surface area (Å²) in [6, 6.07) is 7.61. The highest BCUT2D eigenvalue weighted by Crippen LogP contribution is 2.47. The SMILES string of the molecule is CCNC(=O)c1ccc2c(c1)CCC(C=C(C)C)=C(C)C2(CC(NCC(=O)N1CCCC1C#N)C1CC1)C(N)=NN=N. The molecule has 0 bridgehead atoms. The van der Waals surface area contributed by atoms with Gasteiger partial charge in [-0.1, -0.05) is 28.5 Å². The number of nitriles is 1. The summed E-state index contributed by atoms with van der Waals surface area (Å²) in [7, 11) is 0. The Morgan fingerprint density at radius 1 is 1.29 bits per heavy atom. The molecule has 4 rings (SSSR count). The Kier molecular flexibility index (Phi) is 9.94. The molecule has 42 heavy (non-hydrogen) atoms. The predicted molar refractivity (Wildman–Crippen MR) is 163 cm³/mol. The summed E-state index contributed by atoms with van der Waals surface area (Å²) in [5.41, 5.74) is 19.4. The Balaban J connectivity index is 1.80. The summed E-state index contributed by atoms with van der Waals surface area (Å²) in [5.74, 6) is 0.404. The maximum absolute atomic E-state index is 13.2. The van der Waals surface area contributed by atoms with Gasteiger partial charge in [0.25, 0.3) is 5.91 Å². The zero-order valence-corrected chi connectivity index (χ0v) is 25.3. The van der Waals surface area contributed by atoms with E-state index in [4.69, 9.17) is 11.3 Å². The summed E-state index contributed by atoms with van der Waals surface area (Å²) in [4.78, 5) is 27.7. The number of fused-ring (bicyclic) bond motifs is 1. The first kappa shape index (κ1) is 31.1. The fraction of sp³-hybridized carbons (Fsp3) is 0.562. The van der Waals surface area contributed by atoms with E-state index in [1.807, 2.05) is 25.1 Å². The maximum atomic E-state index is 13.2. The molecule has 0 spiro atoms. The molecular weight excluding hydrogens is 528 g/mol. The van der Waals surface area contributed by atoms with Gasteiger partial charge < -0.3 is 21.3 Å². The average molecular weight is 573 g/mol. The molecule has 3 atom stereocenters. The van der Waals surface area contributed by atoms with Crippen molar-refractivity contribution in [2.45, 2.75) is 90.1 Å². The lowest BCUT2D eigenvalue weighted by atomic mass is 9.67. The van der Waals surface area contributed by atoms with Gasteiger partial charge in [-0.3, -0.25) is 9.59 Å². The molecule has 224 valence electrons. The number of rotatable bonds is 11. The Morgan fingerprint density at radius 2 is 2.05 bits per heavy atom. The first-order chi connectivity index (χ1) is 20.2. The second-order valence-corrected chi connectivity index (χ2v) is 12.0. The molecule has 2 fully saturated rings. The third-order valence-corrected chi connectivity index (χ3v) is 8.96. The number of hydrogen-bond donors (Lipinski definition) is 4. The van der Waals surface area contributed by atoms with Gasteiger partial charge in [0.05, 0.1) is 18.0 Å². The number of allylic oxidation sites excluding steroid dienone is 3. The Labute approximate surface area is 249 Å². The van der Waals surface area contributed by atoms with E-state index in [-0.39, 0.29) is 36.3 Å². The summed E-state index contributed by atoms with van der Waals surface area (Å²) in [5, 5.41) is 23.4. The van der Waals surface area contributed by atoms with Crippen molar-refractivity contribution < 1.29 is 9.59 Å². The number of nitrogens with two attached hydrogens (primary N) is 1. The third kappa shape index (κ3) is 6.46. The van der Waals surface area contributed by atoms with Crippen molar-refractivity contribution in [3.8, 4) is 6.07 Å². The summed E-state index contributed by atoms with van der Waals surface area (Å²) < 4.78 is 0. The zero-order valence-electron chi connectivity index (χ0n) is 25.3. The highest BCUT2D eigenvalue weighted by molar-refractivity contribution is 5.98.